The number of para-hydroxylation sites is 1. The molecule has 1 saturated heterocycles. The average Bonchev–Trinajstić information content (AvgIpc) is 2.78. The predicted octanol–water partition coefficient (Wildman–Crippen LogP) is 2.17. The Balaban J connectivity index is 1.89. The topological polar surface area (TPSA) is 52.6 Å². The van der Waals surface area contributed by atoms with E-state index in [4.69, 9.17) is 0 Å². The third kappa shape index (κ3) is 4.05. The first-order chi connectivity index (χ1) is 9.56. The lowest BCUT2D eigenvalue weighted by Gasteiger charge is -2.24. The second kappa shape index (κ2) is 6.86. The van der Waals surface area contributed by atoms with Crippen molar-refractivity contribution in [3.8, 4) is 0 Å². The van der Waals surface area contributed by atoms with E-state index in [0.29, 0.717) is 12.6 Å². The molecule has 2 rings (SSSR count). The van der Waals surface area contributed by atoms with E-state index in [-0.39, 0.29) is 12.0 Å². The predicted molar refractivity (Wildman–Crippen MR) is 80.7 cm³/mol. The fourth-order valence-electron chi connectivity index (χ4n) is 2.85. The van der Waals surface area contributed by atoms with Gasteiger partial charge in [0.15, 0.2) is 0 Å². The molecule has 1 aliphatic heterocycles. The second-order valence-corrected chi connectivity index (χ2v) is 5.71. The molecule has 2 unspecified atom stereocenters. The number of likely N-dealkylation sites (tertiary alicyclic amines) is 1. The molecule has 0 aromatic heterocycles. The molecule has 4 nitrogen and oxygen atoms in total. The van der Waals surface area contributed by atoms with Crippen LogP contribution in [0.3, 0.4) is 0 Å². The van der Waals surface area contributed by atoms with Gasteiger partial charge in [0.25, 0.3) is 0 Å². The fourth-order valence-corrected chi connectivity index (χ4v) is 2.85. The highest BCUT2D eigenvalue weighted by atomic mass is 16.3. The maximum Gasteiger partial charge on any atom is 0.238 e. The molecule has 1 aromatic rings. The number of anilines is 1. The van der Waals surface area contributed by atoms with Crippen LogP contribution in [0, 0.1) is 6.92 Å². The number of benzene rings is 1. The summed E-state index contributed by atoms with van der Waals surface area (Å²) in [5.41, 5.74) is 1.95. The van der Waals surface area contributed by atoms with E-state index < -0.39 is 0 Å². The molecule has 4 heteroatoms. The standard InChI is InChI=1S/C16H24N2O2/c1-12-6-3-4-8-15(12)17-16(20)11-18-9-5-7-14(18)10-13(2)19/h3-4,6,8,13-14,19H,5,7,9-11H2,1-2H3,(H,17,20). The van der Waals surface area contributed by atoms with E-state index in [0.717, 1.165) is 37.1 Å². The summed E-state index contributed by atoms with van der Waals surface area (Å²) in [5, 5.41) is 12.5. The molecule has 2 atom stereocenters. The van der Waals surface area contributed by atoms with Crippen LogP contribution >= 0.6 is 0 Å². The molecule has 0 aliphatic carbocycles. The number of hydrogen-bond acceptors (Lipinski definition) is 3. The zero-order valence-corrected chi connectivity index (χ0v) is 12.3. The molecule has 1 aliphatic rings. The summed E-state index contributed by atoms with van der Waals surface area (Å²) < 4.78 is 0. The number of aliphatic hydroxyl groups excluding tert-OH is 1. The van der Waals surface area contributed by atoms with E-state index in [1.165, 1.54) is 0 Å². The summed E-state index contributed by atoms with van der Waals surface area (Å²) in [6, 6.07) is 8.13. The maximum atomic E-state index is 12.1. The molecule has 2 N–H and O–H groups in total. The highest BCUT2D eigenvalue weighted by Crippen LogP contribution is 2.21. The van der Waals surface area contributed by atoms with Crippen LogP contribution in [0.25, 0.3) is 0 Å². The summed E-state index contributed by atoms with van der Waals surface area (Å²) in [4.78, 5) is 14.3. The third-order valence-electron chi connectivity index (χ3n) is 3.88. The first kappa shape index (κ1) is 15.0. The Morgan fingerprint density at radius 1 is 1.50 bits per heavy atom. The smallest absolute Gasteiger partial charge is 0.238 e. The van der Waals surface area contributed by atoms with Crippen LogP contribution in [0.5, 0.6) is 0 Å². The van der Waals surface area contributed by atoms with Crippen molar-refractivity contribution < 1.29 is 9.90 Å². The number of nitrogens with one attached hydrogen (secondary N) is 1. The van der Waals surface area contributed by atoms with E-state index >= 15 is 0 Å². The summed E-state index contributed by atoms with van der Waals surface area (Å²) in [6.07, 6.45) is 2.62. The minimum Gasteiger partial charge on any atom is -0.393 e. The van der Waals surface area contributed by atoms with E-state index in [9.17, 15) is 9.90 Å². The Kier molecular flexibility index (Phi) is 5.15. The van der Waals surface area contributed by atoms with Crippen LogP contribution in [0.1, 0.15) is 31.7 Å². The van der Waals surface area contributed by atoms with Crippen molar-refractivity contribution in [3.05, 3.63) is 29.8 Å². The molecule has 1 amide bonds. The van der Waals surface area contributed by atoms with Gasteiger partial charge in [-0.1, -0.05) is 18.2 Å². The molecule has 0 saturated carbocycles. The number of aliphatic hydroxyl groups is 1. The van der Waals surface area contributed by atoms with Crippen LogP contribution in [-0.2, 0) is 4.79 Å². The van der Waals surface area contributed by atoms with E-state index in [1.54, 1.807) is 0 Å². The largest absolute Gasteiger partial charge is 0.393 e. The Labute approximate surface area is 120 Å². The lowest BCUT2D eigenvalue weighted by molar-refractivity contribution is -0.117. The van der Waals surface area contributed by atoms with Crippen LogP contribution in [0.15, 0.2) is 24.3 Å². The number of amides is 1. The quantitative estimate of drug-likeness (QED) is 0.866. The third-order valence-corrected chi connectivity index (χ3v) is 3.88. The minimum atomic E-state index is -0.306. The van der Waals surface area contributed by atoms with Crippen molar-refractivity contribution in [3.63, 3.8) is 0 Å². The monoisotopic (exact) mass is 276 g/mol. The molecular formula is C16H24N2O2. The Morgan fingerprint density at radius 2 is 2.25 bits per heavy atom. The molecule has 1 heterocycles. The highest BCUT2D eigenvalue weighted by molar-refractivity contribution is 5.92. The number of nitrogens with zero attached hydrogens (tertiary/aromatic N) is 1. The summed E-state index contributed by atoms with van der Waals surface area (Å²) >= 11 is 0. The van der Waals surface area contributed by atoms with Crippen molar-refractivity contribution >= 4 is 11.6 Å². The van der Waals surface area contributed by atoms with Gasteiger partial charge in [-0.05, 0) is 51.3 Å². The van der Waals surface area contributed by atoms with Gasteiger partial charge < -0.3 is 10.4 Å². The van der Waals surface area contributed by atoms with Crippen molar-refractivity contribution in [1.82, 2.24) is 4.90 Å². The molecule has 110 valence electrons. The number of hydrogen-bond donors (Lipinski definition) is 2. The van der Waals surface area contributed by atoms with Gasteiger partial charge in [0.1, 0.15) is 0 Å². The Morgan fingerprint density at radius 3 is 2.95 bits per heavy atom. The number of rotatable bonds is 5. The van der Waals surface area contributed by atoms with Gasteiger partial charge in [0.2, 0.25) is 5.91 Å². The van der Waals surface area contributed by atoms with Crippen LogP contribution in [0.4, 0.5) is 5.69 Å². The number of aryl methyl sites for hydroxylation is 1. The number of carbonyl (C=O) groups is 1. The van der Waals surface area contributed by atoms with Gasteiger partial charge in [-0.3, -0.25) is 9.69 Å². The van der Waals surface area contributed by atoms with Gasteiger partial charge in [-0.15, -0.1) is 0 Å². The maximum absolute atomic E-state index is 12.1. The average molecular weight is 276 g/mol. The van der Waals surface area contributed by atoms with Gasteiger partial charge in [0, 0.05) is 11.7 Å². The van der Waals surface area contributed by atoms with Crippen LogP contribution in [0.2, 0.25) is 0 Å². The van der Waals surface area contributed by atoms with Crippen LogP contribution < -0.4 is 5.32 Å². The van der Waals surface area contributed by atoms with Crippen molar-refractivity contribution in [1.29, 1.82) is 0 Å². The molecule has 0 spiro atoms. The normalized spacial score (nSPS) is 20.9. The van der Waals surface area contributed by atoms with E-state index in [2.05, 4.69) is 10.2 Å². The van der Waals surface area contributed by atoms with Crippen molar-refractivity contribution in [2.75, 3.05) is 18.4 Å². The molecule has 0 bridgehead atoms. The van der Waals surface area contributed by atoms with Crippen LogP contribution in [-0.4, -0.2) is 41.1 Å². The Hall–Kier alpha value is -1.39. The lowest BCUT2D eigenvalue weighted by Crippen LogP contribution is -2.38. The molecule has 20 heavy (non-hydrogen) atoms. The zero-order valence-electron chi connectivity index (χ0n) is 12.3. The number of carbonyl (C=O) groups excluding carboxylic acids is 1. The first-order valence-corrected chi connectivity index (χ1v) is 7.34. The van der Waals surface area contributed by atoms with Gasteiger partial charge in [-0.25, -0.2) is 0 Å². The minimum absolute atomic E-state index is 0.0248. The Bertz CT molecular complexity index is 460. The molecular weight excluding hydrogens is 252 g/mol. The SMILES string of the molecule is Cc1ccccc1NC(=O)CN1CCCC1CC(C)O. The molecule has 0 radical (unpaired) electrons. The van der Waals surface area contributed by atoms with Crippen molar-refractivity contribution in [2.45, 2.75) is 45.3 Å². The van der Waals surface area contributed by atoms with Gasteiger partial charge >= 0.3 is 0 Å². The second-order valence-electron chi connectivity index (χ2n) is 5.71. The fraction of sp³-hybridized carbons (Fsp3) is 0.562. The first-order valence-electron chi connectivity index (χ1n) is 7.34. The summed E-state index contributed by atoms with van der Waals surface area (Å²) in [6.45, 7) is 5.15. The van der Waals surface area contributed by atoms with E-state index in [1.807, 2.05) is 38.1 Å². The summed E-state index contributed by atoms with van der Waals surface area (Å²) in [7, 11) is 0. The summed E-state index contributed by atoms with van der Waals surface area (Å²) in [5.74, 6) is 0.0248. The molecule has 1 aromatic carbocycles. The highest BCUT2D eigenvalue weighted by Gasteiger charge is 2.27. The lowest BCUT2D eigenvalue weighted by atomic mass is 10.1. The zero-order chi connectivity index (χ0) is 14.5. The van der Waals surface area contributed by atoms with Gasteiger partial charge in [-0.2, -0.15) is 0 Å². The molecule has 1 fully saturated rings. The van der Waals surface area contributed by atoms with Gasteiger partial charge in [0.05, 0.1) is 12.6 Å². The van der Waals surface area contributed by atoms with Crippen molar-refractivity contribution in [2.24, 2.45) is 0 Å².